The molecule has 0 saturated heterocycles. The van der Waals surface area contributed by atoms with Gasteiger partial charge in [0.25, 0.3) is 0 Å². The van der Waals surface area contributed by atoms with Gasteiger partial charge in [-0.05, 0) is 30.6 Å². The molecular formula is C12H20O. The monoisotopic (exact) mass is 180 g/mol. The average Bonchev–Trinajstić information content (AvgIpc) is 2.06. The van der Waals surface area contributed by atoms with Crippen molar-refractivity contribution in [2.24, 2.45) is 29.1 Å². The first-order valence-corrected chi connectivity index (χ1v) is 5.50. The standard InChI is InChI=1S/C12H20O/c1-7-8(2)10-6-5-9(7)11(13)12(10,3)4/h7-10H,5-6H2,1-4H3/t7-,8+,9+,10-/m1/s1. The van der Waals surface area contributed by atoms with Crippen molar-refractivity contribution in [2.45, 2.75) is 40.5 Å². The van der Waals surface area contributed by atoms with Gasteiger partial charge in [0, 0.05) is 11.3 Å². The fraction of sp³-hybridized carbons (Fsp3) is 0.917. The molecule has 0 unspecified atom stereocenters. The Bertz CT molecular complexity index is 242. The minimum Gasteiger partial charge on any atom is -0.299 e. The van der Waals surface area contributed by atoms with Crippen molar-refractivity contribution in [1.29, 1.82) is 0 Å². The van der Waals surface area contributed by atoms with Crippen molar-refractivity contribution in [1.82, 2.24) is 0 Å². The van der Waals surface area contributed by atoms with E-state index in [1.165, 1.54) is 6.42 Å². The van der Waals surface area contributed by atoms with Crippen molar-refractivity contribution in [3.63, 3.8) is 0 Å². The van der Waals surface area contributed by atoms with E-state index in [0.29, 0.717) is 23.5 Å². The van der Waals surface area contributed by atoms with E-state index in [1.54, 1.807) is 0 Å². The number of carbonyl (C=O) groups excluding carboxylic acids is 1. The number of hydrogen-bond acceptors (Lipinski definition) is 1. The molecule has 0 amide bonds. The van der Waals surface area contributed by atoms with Crippen LogP contribution in [0.25, 0.3) is 0 Å². The zero-order valence-corrected chi connectivity index (χ0v) is 9.13. The average molecular weight is 180 g/mol. The van der Waals surface area contributed by atoms with Gasteiger partial charge in [0.15, 0.2) is 0 Å². The van der Waals surface area contributed by atoms with Gasteiger partial charge in [-0.1, -0.05) is 27.7 Å². The highest BCUT2D eigenvalue weighted by Crippen LogP contribution is 2.54. The third-order valence-electron chi connectivity index (χ3n) is 4.79. The second-order valence-corrected chi connectivity index (χ2v) is 5.59. The molecule has 2 bridgehead atoms. The van der Waals surface area contributed by atoms with Crippen molar-refractivity contribution in [2.75, 3.05) is 0 Å². The SMILES string of the molecule is C[C@@H]1[C@H](C)[C@H]2CC[C@@H]1C(=O)C2(C)C. The van der Waals surface area contributed by atoms with E-state index in [0.717, 1.165) is 12.3 Å². The maximum absolute atomic E-state index is 12.1. The summed E-state index contributed by atoms with van der Waals surface area (Å²) in [6.07, 6.45) is 2.42. The molecule has 0 aromatic rings. The first-order valence-electron chi connectivity index (χ1n) is 5.50. The summed E-state index contributed by atoms with van der Waals surface area (Å²) in [4.78, 5) is 12.1. The summed E-state index contributed by atoms with van der Waals surface area (Å²) in [6, 6.07) is 0. The van der Waals surface area contributed by atoms with Crippen LogP contribution in [0, 0.1) is 29.1 Å². The van der Waals surface area contributed by atoms with E-state index in [4.69, 9.17) is 0 Å². The molecule has 0 radical (unpaired) electrons. The zero-order valence-electron chi connectivity index (χ0n) is 9.13. The Morgan fingerprint density at radius 1 is 1.15 bits per heavy atom. The molecule has 3 saturated carbocycles. The first kappa shape index (κ1) is 9.23. The van der Waals surface area contributed by atoms with Crippen molar-refractivity contribution >= 4 is 5.78 Å². The molecule has 3 fully saturated rings. The van der Waals surface area contributed by atoms with Crippen LogP contribution in [0.15, 0.2) is 0 Å². The molecular weight excluding hydrogens is 160 g/mol. The zero-order chi connectivity index (χ0) is 9.80. The van der Waals surface area contributed by atoms with Crippen LogP contribution >= 0.6 is 0 Å². The number of carbonyl (C=O) groups is 1. The number of ketones is 1. The summed E-state index contributed by atoms with van der Waals surface area (Å²) in [5.41, 5.74) is -0.0329. The minimum absolute atomic E-state index is 0.0329. The normalized spacial score (nSPS) is 48.2. The van der Waals surface area contributed by atoms with Crippen molar-refractivity contribution in [3.8, 4) is 0 Å². The summed E-state index contributed by atoms with van der Waals surface area (Å²) < 4.78 is 0. The number of rotatable bonds is 0. The Kier molecular flexibility index (Phi) is 1.84. The van der Waals surface area contributed by atoms with Crippen LogP contribution < -0.4 is 0 Å². The highest BCUT2D eigenvalue weighted by Gasteiger charge is 2.54. The molecule has 13 heavy (non-hydrogen) atoms. The molecule has 0 spiro atoms. The van der Waals surface area contributed by atoms with Gasteiger partial charge in [-0.2, -0.15) is 0 Å². The maximum Gasteiger partial charge on any atom is 0.142 e. The predicted molar refractivity (Wildman–Crippen MR) is 53.3 cm³/mol. The Labute approximate surface area is 80.9 Å². The molecule has 0 heterocycles. The molecule has 74 valence electrons. The van der Waals surface area contributed by atoms with Crippen LogP contribution in [0.4, 0.5) is 0 Å². The summed E-state index contributed by atoms with van der Waals surface area (Å²) in [6.45, 7) is 8.88. The van der Waals surface area contributed by atoms with Crippen LogP contribution in [0.5, 0.6) is 0 Å². The van der Waals surface area contributed by atoms with Crippen LogP contribution in [-0.2, 0) is 4.79 Å². The molecule has 0 aromatic carbocycles. The van der Waals surface area contributed by atoms with Crippen LogP contribution in [0.3, 0.4) is 0 Å². The second-order valence-electron chi connectivity index (χ2n) is 5.59. The Morgan fingerprint density at radius 3 is 2.31 bits per heavy atom. The number of Topliss-reactive ketones (excluding diaryl/α,β-unsaturated/α-hetero) is 1. The molecule has 1 nitrogen and oxygen atoms in total. The Balaban J connectivity index is 2.37. The fourth-order valence-electron chi connectivity index (χ4n) is 3.67. The lowest BCUT2D eigenvalue weighted by Crippen LogP contribution is -2.54. The molecule has 4 atom stereocenters. The van der Waals surface area contributed by atoms with Gasteiger partial charge in [-0.3, -0.25) is 4.79 Å². The Hall–Kier alpha value is -0.330. The first-order chi connectivity index (χ1) is 5.96. The lowest BCUT2D eigenvalue weighted by molar-refractivity contribution is -0.153. The van der Waals surface area contributed by atoms with E-state index in [2.05, 4.69) is 27.7 Å². The number of hydrogen-bond donors (Lipinski definition) is 0. The molecule has 3 aliphatic carbocycles. The molecule has 1 heteroatoms. The summed E-state index contributed by atoms with van der Waals surface area (Å²) >= 11 is 0. The van der Waals surface area contributed by atoms with Gasteiger partial charge in [-0.25, -0.2) is 0 Å². The predicted octanol–water partition coefficient (Wildman–Crippen LogP) is 2.89. The quantitative estimate of drug-likeness (QED) is 0.560. The van der Waals surface area contributed by atoms with Gasteiger partial charge in [-0.15, -0.1) is 0 Å². The lowest BCUT2D eigenvalue weighted by Gasteiger charge is -2.53. The molecule has 3 rings (SSSR count). The highest BCUT2D eigenvalue weighted by molar-refractivity contribution is 5.88. The molecule has 3 aliphatic rings. The van der Waals surface area contributed by atoms with Crippen LogP contribution in [0.1, 0.15) is 40.5 Å². The van der Waals surface area contributed by atoms with Gasteiger partial charge in [0.05, 0.1) is 0 Å². The van der Waals surface area contributed by atoms with Gasteiger partial charge < -0.3 is 0 Å². The summed E-state index contributed by atoms with van der Waals surface area (Å²) in [5.74, 6) is 2.91. The molecule has 0 aliphatic heterocycles. The van der Waals surface area contributed by atoms with E-state index in [-0.39, 0.29) is 5.41 Å². The largest absolute Gasteiger partial charge is 0.299 e. The van der Waals surface area contributed by atoms with Crippen LogP contribution in [0.2, 0.25) is 0 Å². The smallest absolute Gasteiger partial charge is 0.142 e. The topological polar surface area (TPSA) is 17.1 Å². The van der Waals surface area contributed by atoms with Crippen molar-refractivity contribution < 1.29 is 4.79 Å². The van der Waals surface area contributed by atoms with E-state index in [1.807, 2.05) is 0 Å². The van der Waals surface area contributed by atoms with Crippen molar-refractivity contribution in [3.05, 3.63) is 0 Å². The van der Waals surface area contributed by atoms with E-state index >= 15 is 0 Å². The van der Waals surface area contributed by atoms with Gasteiger partial charge in [0.2, 0.25) is 0 Å². The van der Waals surface area contributed by atoms with Gasteiger partial charge >= 0.3 is 0 Å². The molecule has 0 aromatic heterocycles. The summed E-state index contributed by atoms with van der Waals surface area (Å²) in [5, 5.41) is 0. The highest BCUT2D eigenvalue weighted by atomic mass is 16.1. The number of fused-ring (bicyclic) bond motifs is 3. The minimum atomic E-state index is -0.0329. The van der Waals surface area contributed by atoms with Gasteiger partial charge in [0.1, 0.15) is 5.78 Å². The maximum atomic E-state index is 12.1. The second kappa shape index (κ2) is 2.59. The van der Waals surface area contributed by atoms with E-state index < -0.39 is 0 Å². The Morgan fingerprint density at radius 2 is 1.77 bits per heavy atom. The lowest BCUT2D eigenvalue weighted by atomic mass is 9.49. The summed E-state index contributed by atoms with van der Waals surface area (Å²) in [7, 11) is 0. The fourth-order valence-corrected chi connectivity index (χ4v) is 3.67. The van der Waals surface area contributed by atoms with Crippen LogP contribution in [-0.4, -0.2) is 5.78 Å². The third-order valence-corrected chi connectivity index (χ3v) is 4.79. The molecule has 0 N–H and O–H groups in total. The third kappa shape index (κ3) is 1.02. The van der Waals surface area contributed by atoms with E-state index in [9.17, 15) is 4.79 Å².